The van der Waals surface area contributed by atoms with Crippen LogP contribution in [0.4, 0.5) is 15.8 Å². The SMILES string of the molecule is CC1(c2ncc([N+](=O)[O-])c(N)c2F)CC1. The van der Waals surface area contributed by atoms with Gasteiger partial charge in [0.05, 0.1) is 10.6 Å². The maximum atomic E-state index is 13.7. The third kappa shape index (κ3) is 1.42. The van der Waals surface area contributed by atoms with Gasteiger partial charge in [-0.25, -0.2) is 4.39 Å². The predicted octanol–water partition coefficient (Wildman–Crippen LogP) is 1.76. The fraction of sp³-hybridized carbons (Fsp3) is 0.444. The molecule has 2 rings (SSSR count). The van der Waals surface area contributed by atoms with Crippen molar-refractivity contribution in [3.63, 3.8) is 0 Å². The van der Waals surface area contributed by atoms with Gasteiger partial charge in [0.1, 0.15) is 6.20 Å². The summed E-state index contributed by atoms with van der Waals surface area (Å²) in [5, 5.41) is 10.5. The van der Waals surface area contributed by atoms with E-state index in [4.69, 9.17) is 5.73 Å². The Labute approximate surface area is 85.3 Å². The molecule has 1 heterocycles. The average Bonchev–Trinajstić information content (AvgIpc) is 2.88. The Morgan fingerprint density at radius 2 is 2.27 bits per heavy atom. The highest BCUT2D eigenvalue weighted by atomic mass is 19.1. The fourth-order valence-electron chi connectivity index (χ4n) is 1.48. The summed E-state index contributed by atoms with van der Waals surface area (Å²) in [5.41, 5.74) is 4.42. The van der Waals surface area contributed by atoms with Crippen LogP contribution in [-0.4, -0.2) is 9.91 Å². The smallest absolute Gasteiger partial charge is 0.313 e. The molecule has 1 aromatic heterocycles. The van der Waals surface area contributed by atoms with Crippen LogP contribution in [-0.2, 0) is 5.41 Å². The van der Waals surface area contributed by atoms with Gasteiger partial charge in [0.15, 0.2) is 11.5 Å². The van der Waals surface area contributed by atoms with Crippen molar-refractivity contribution >= 4 is 11.4 Å². The molecule has 0 saturated heterocycles. The summed E-state index contributed by atoms with van der Waals surface area (Å²) in [6.45, 7) is 1.86. The van der Waals surface area contributed by atoms with Gasteiger partial charge in [-0.2, -0.15) is 0 Å². The van der Waals surface area contributed by atoms with Crippen molar-refractivity contribution in [1.29, 1.82) is 0 Å². The van der Waals surface area contributed by atoms with Crippen LogP contribution < -0.4 is 5.73 Å². The van der Waals surface area contributed by atoms with Crippen LogP contribution in [0.3, 0.4) is 0 Å². The second kappa shape index (κ2) is 2.88. The summed E-state index contributed by atoms with van der Waals surface area (Å²) in [5.74, 6) is -0.746. The Hall–Kier alpha value is -1.72. The van der Waals surface area contributed by atoms with Gasteiger partial charge in [-0.05, 0) is 12.8 Å². The lowest BCUT2D eigenvalue weighted by Gasteiger charge is -2.09. The van der Waals surface area contributed by atoms with Gasteiger partial charge in [-0.15, -0.1) is 0 Å². The molecule has 6 heteroatoms. The molecule has 1 fully saturated rings. The molecule has 15 heavy (non-hydrogen) atoms. The third-order valence-corrected chi connectivity index (χ3v) is 2.80. The first-order valence-corrected chi connectivity index (χ1v) is 4.54. The Kier molecular flexibility index (Phi) is 1.89. The molecule has 0 radical (unpaired) electrons. The second-order valence-electron chi connectivity index (χ2n) is 4.04. The summed E-state index contributed by atoms with van der Waals surface area (Å²) < 4.78 is 13.7. The number of pyridine rings is 1. The minimum absolute atomic E-state index is 0.241. The molecule has 0 aromatic carbocycles. The van der Waals surface area contributed by atoms with Crippen molar-refractivity contribution in [3.05, 3.63) is 27.8 Å². The van der Waals surface area contributed by atoms with Crippen molar-refractivity contribution in [2.24, 2.45) is 0 Å². The second-order valence-corrected chi connectivity index (χ2v) is 4.04. The summed E-state index contributed by atoms with van der Waals surface area (Å²) in [6.07, 6.45) is 2.71. The summed E-state index contributed by atoms with van der Waals surface area (Å²) >= 11 is 0. The molecule has 1 aliphatic carbocycles. The molecular weight excluding hydrogens is 201 g/mol. The first kappa shape index (κ1) is 9.82. The van der Waals surface area contributed by atoms with Crippen molar-refractivity contribution in [1.82, 2.24) is 4.98 Å². The van der Waals surface area contributed by atoms with Gasteiger partial charge in [0.25, 0.3) is 0 Å². The van der Waals surface area contributed by atoms with E-state index in [0.29, 0.717) is 0 Å². The first-order chi connectivity index (χ1) is 6.96. The van der Waals surface area contributed by atoms with E-state index in [2.05, 4.69) is 4.98 Å². The predicted molar refractivity (Wildman–Crippen MR) is 51.8 cm³/mol. The van der Waals surface area contributed by atoms with Crippen LogP contribution in [0.1, 0.15) is 25.5 Å². The van der Waals surface area contributed by atoms with Gasteiger partial charge < -0.3 is 5.73 Å². The lowest BCUT2D eigenvalue weighted by molar-refractivity contribution is -0.384. The van der Waals surface area contributed by atoms with E-state index in [1.807, 2.05) is 6.92 Å². The molecule has 0 aliphatic heterocycles. The Morgan fingerprint density at radius 1 is 1.67 bits per heavy atom. The van der Waals surface area contributed by atoms with Crippen LogP contribution in [0.25, 0.3) is 0 Å². The molecule has 1 aliphatic rings. The molecule has 1 saturated carbocycles. The number of nitrogens with two attached hydrogens (primary N) is 1. The van der Waals surface area contributed by atoms with Crippen LogP contribution in [0, 0.1) is 15.9 Å². The van der Waals surface area contributed by atoms with Crippen molar-refractivity contribution in [3.8, 4) is 0 Å². The summed E-state index contributed by atoms with van der Waals surface area (Å²) in [4.78, 5) is 13.5. The molecular formula is C9H10FN3O2. The van der Waals surface area contributed by atoms with Gasteiger partial charge in [0, 0.05) is 5.41 Å². The van der Waals surface area contributed by atoms with Crippen molar-refractivity contribution in [2.45, 2.75) is 25.2 Å². The van der Waals surface area contributed by atoms with E-state index in [9.17, 15) is 14.5 Å². The average molecular weight is 211 g/mol. The van der Waals surface area contributed by atoms with Crippen LogP contribution >= 0.6 is 0 Å². The van der Waals surface area contributed by atoms with E-state index in [0.717, 1.165) is 19.0 Å². The highest BCUT2D eigenvalue weighted by Crippen LogP contribution is 2.48. The van der Waals surface area contributed by atoms with E-state index in [-0.39, 0.29) is 11.1 Å². The number of aromatic nitrogens is 1. The lowest BCUT2D eigenvalue weighted by atomic mass is 10.0. The number of nitrogens with zero attached hydrogens (tertiary/aromatic N) is 2. The van der Waals surface area contributed by atoms with E-state index in [1.165, 1.54) is 0 Å². The van der Waals surface area contributed by atoms with Gasteiger partial charge in [-0.3, -0.25) is 15.1 Å². The Bertz CT molecular complexity index is 443. The van der Waals surface area contributed by atoms with Gasteiger partial charge in [-0.1, -0.05) is 6.92 Å². The maximum absolute atomic E-state index is 13.7. The normalized spacial score (nSPS) is 17.5. The fourth-order valence-corrected chi connectivity index (χ4v) is 1.48. The van der Waals surface area contributed by atoms with Crippen molar-refractivity contribution in [2.75, 3.05) is 5.73 Å². The monoisotopic (exact) mass is 211 g/mol. The first-order valence-electron chi connectivity index (χ1n) is 4.54. The number of rotatable bonds is 2. The van der Waals surface area contributed by atoms with Gasteiger partial charge in [0.2, 0.25) is 0 Å². The molecule has 0 unspecified atom stereocenters. The molecule has 0 spiro atoms. The summed E-state index contributed by atoms with van der Waals surface area (Å²) in [7, 11) is 0. The Balaban J connectivity index is 2.54. The molecule has 80 valence electrons. The van der Waals surface area contributed by atoms with E-state index >= 15 is 0 Å². The highest BCUT2D eigenvalue weighted by Gasteiger charge is 2.43. The van der Waals surface area contributed by atoms with Crippen molar-refractivity contribution < 1.29 is 9.31 Å². The molecule has 5 nitrogen and oxygen atoms in total. The highest BCUT2D eigenvalue weighted by molar-refractivity contribution is 5.59. The van der Waals surface area contributed by atoms with Gasteiger partial charge >= 0.3 is 5.69 Å². The number of nitro groups is 1. The summed E-state index contributed by atoms with van der Waals surface area (Å²) in [6, 6.07) is 0. The van der Waals surface area contributed by atoms with Crippen LogP contribution in [0.2, 0.25) is 0 Å². The Morgan fingerprint density at radius 3 is 2.73 bits per heavy atom. The number of halogens is 1. The van der Waals surface area contributed by atoms with Crippen LogP contribution in [0.5, 0.6) is 0 Å². The number of anilines is 1. The molecule has 2 N–H and O–H groups in total. The molecule has 0 bridgehead atoms. The maximum Gasteiger partial charge on any atom is 0.313 e. The number of hydrogen-bond donors (Lipinski definition) is 1. The number of hydrogen-bond acceptors (Lipinski definition) is 4. The minimum Gasteiger partial charge on any atom is -0.391 e. The molecule has 0 atom stereocenters. The zero-order chi connectivity index (χ0) is 11.2. The van der Waals surface area contributed by atoms with Crippen LogP contribution in [0.15, 0.2) is 6.20 Å². The zero-order valence-corrected chi connectivity index (χ0v) is 8.16. The van der Waals surface area contributed by atoms with E-state index in [1.54, 1.807) is 0 Å². The third-order valence-electron chi connectivity index (χ3n) is 2.80. The molecule has 1 aromatic rings. The lowest BCUT2D eigenvalue weighted by Crippen LogP contribution is -2.11. The quantitative estimate of drug-likeness (QED) is 0.596. The number of nitrogen functional groups attached to an aromatic ring is 1. The van der Waals surface area contributed by atoms with E-state index < -0.39 is 22.1 Å². The largest absolute Gasteiger partial charge is 0.391 e. The molecule has 0 amide bonds. The zero-order valence-electron chi connectivity index (χ0n) is 8.16. The minimum atomic E-state index is -0.746. The standard InChI is InChI=1S/C9H10FN3O2/c1-9(2-3-9)8-6(10)7(11)5(4-12-8)13(14)15/h4H,2-3H2,1H3,(H2,11,12). The topological polar surface area (TPSA) is 82.0 Å².